The number of carbonyl (C=O) groups excluding carboxylic acids is 4. The standard InChI is InChI=1S/C29H51N4O10PS/c1-27(2,16-28(3,4)14-23(37)38)13-22(36)33-45-12-8-9-20(34)31-17-29(5,6)18-44(7)26(43)32-19(25(41)42)10-11-21(35)30-15-24(39)40/h19H,8-18H2,1-7H3,(H,30,35)(H,31,34)(H,32,43)(H,33,36)(H,37,38)(H,39,40)(H,41,42)/t19-,44?/m0/s1. The molecule has 1 unspecified atom stereocenters. The number of hydrogen-bond acceptors (Lipinski definition) is 8. The first-order valence-corrected chi connectivity index (χ1v) is 17.6. The predicted molar refractivity (Wildman–Crippen MR) is 173 cm³/mol. The second-order valence-electron chi connectivity index (χ2n) is 13.6. The van der Waals surface area contributed by atoms with Gasteiger partial charge in [0, 0.05) is 31.6 Å². The van der Waals surface area contributed by atoms with Crippen molar-refractivity contribution < 1.29 is 48.9 Å². The number of rotatable bonds is 23. The molecule has 14 nitrogen and oxygen atoms in total. The Morgan fingerprint density at radius 3 is 1.89 bits per heavy atom. The number of carbonyl (C=O) groups is 7. The molecular formula is C29H51N4O10PS. The Morgan fingerprint density at radius 1 is 0.756 bits per heavy atom. The van der Waals surface area contributed by atoms with Crippen LogP contribution < -0.4 is 20.7 Å². The minimum atomic E-state index is -1.32. The van der Waals surface area contributed by atoms with E-state index in [1.807, 2.05) is 41.5 Å². The summed E-state index contributed by atoms with van der Waals surface area (Å²) in [7, 11) is -1.32. The van der Waals surface area contributed by atoms with Crippen molar-refractivity contribution in [1.82, 2.24) is 20.7 Å². The molecule has 2 atom stereocenters. The molecule has 7 N–H and O–H groups in total. The van der Waals surface area contributed by atoms with Gasteiger partial charge in [0.05, 0.1) is 6.42 Å². The quantitative estimate of drug-likeness (QED) is 0.0471. The molecule has 0 saturated carbocycles. The molecule has 0 aliphatic carbocycles. The van der Waals surface area contributed by atoms with E-state index in [9.17, 15) is 38.7 Å². The third-order valence-corrected chi connectivity index (χ3v) is 9.55. The topological polar surface area (TPSA) is 228 Å². The molecule has 0 spiro atoms. The van der Waals surface area contributed by atoms with E-state index in [0.29, 0.717) is 31.3 Å². The van der Waals surface area contributed by atoms with Crippen LogP contribution in [0.4, 0.5) is 4.79 Å². The lowest BCUT2D eigenvalue weighted by Crippen LogP contribution is -2.42. The maximum Gasteiger partial charge on any atom is 0.326 e. The van der Waals surface area contributed by atoms with Gasteiger partial charge in [-0.25, -0.2) is 4.79 Å². The SMILES string of the molecule is CP(CC(C)(C)CNC(=O)CCCSNC(=O)CC(C)(C)CC(C)(C)CC(=O)O)C(=O)N[C@@H](CCC(=O)NCC(=O)O)C(=O)O. The minimum absolute atomic E-state index is 0.0246. The lowest BCUT2D eigenvalue weighted by Gasteiger charge is -2.33. The number of carboxylic acids is 3. The Morgan fingerprint density at radius 2 is 1.33 bits per heavy atom. The zero-order valence-corrected chi connectivity index (χ0v) is 29.1. The molecule has 4 amide bonds. The number of nitrogens with one attached hydrogen (secondary N) is 4. The summed E-state index contributed by atoms with van der Waals surface area (Å²) in [4.78, 5) is 82.4. The van der Waals surface area contributed by atoms with E-state index < -0.39 is 60.8 Å². The maximum atomic E-state index is 12.7. The minimum Gasteiger partial charge on any atom is -0.481 e. The molecule has 0 aromatic heterocycles. The second-order valence-corrected chi connectivity index (χ2v) is 16.6. The van der Waals surface area contributed by atoms with E-state index in [-0.39, 0.29) is 49.3 Å². The first-order chi connectivity index (χ1) is 20.5. The van der Waals surface area contributed by atoms with Crippen LogP contribution in [0.2, 0.25) is 0 Å². The van der Waals surface area contributed by atoms with Crippen LogP contribution in [0, 0.1) is 16.2 Å². The number of amides is 4. The first kappa shape index (κ1) is 42.1. The average molecular weight is 679 g/mol. The van der Waals surface area contributed by atoms with E-state index in [1.54, 1.807) is 6.66 Å². The van der Waals surface area contributed by atoms with Crippen LogP contribution in [-0.2, 0) is 28.8 Å². The second kappa shape index (κ2) is 19.6. The van der Waals surface area contributed by atoms with Crippen molar-refractivity contribution in [3.8, 4) is 0 Å². The molecule has 0 radical (unpaired) electrons. The molecule has 0 saturated heterocycles. The van der Waals surface area contributed by atoms with E-state index in [0.717, 1.165) is 0 Å². The third kappa shape index (κ3) is 21.4. The Hall–Kier alpha value is -2.93. The Kier molecular flexibility index (Phi) is 18.3. The zero-order chi connectivity index (χ0) is 35.0. The number of aliphatic carboxylic acids is 3. The largest absolute Gasteiger partial charge is 0.481 e. The van der Waals surface area contributed by atoms with E-state index in [2.05, 4.69) is 20.7 Å². The van der Waals surface area contributed by atoms with Crippen molar-refractivity contribution in [2.75, 3.05) is 31.7 Å². The van der Waals surface area contributed by atoms with Crippen LogP contribution in [0.15, 0.2) is 0 Å². The highest BCUT2D eigenvalue weighted by Crippen LogP contribution is 2.39. The van der Waals surface area contributed by atoms with Gasteiger partial charge in [0.2, 0.25) is 23.4 Å². The fraction of sp³-hybridized carbons (Fsp3) is 0.759. The molecule has 0 heterocycles. The van der Waals surface area contributed by atoms with Crippen LogP contribution >= 0.6 is 19.9 Å². The van der Waals surface area contributed by atoms with E-state index in [1.165, 1.54) is 11.9 Å². The molecule has 0 rings (SSSR count). The molecule has 258 valence electrons. The summed E-state index contributed by atoms with van der Waals surface area (Å²) < 4.78 is 2.79. The summed E-state index contributed by atoms with van der Waals surface area (Å²) in [6.07, 6.45) is 1.58. The summed E-state index contributed by atoms with van der Waals surface area (Å²) in [5.41, 5.74) is -1.73. The molecule has 0 bridgehead atoms. The van der Waals surface area contributed by atoms with Crippen molar-refractivity contribution in [2.24, 2.45) is 16.2 Å². The summed E-state index contributed by atoms with van der Waals surface area (Å²) in [6, 6.07) is -1.30. The average Bonchev–Trinajstić information content (AvgIpc) is 2.85. The number of hydrogen-bond donors (Lipinski definition) is 7. The van der Waals surface area contributed by atoms with Crippen molar-refractivity contribution in [1.29, 1.82) is 0 Å². The molecule has 16 heteroatoms. The summed E-state index contributed by atoms with van der Waals surface area (Å²) in [5, 5.41) is 34.6. The molecule has 0 aliphatic heterocycles. The Labute approximate surface area is 270 Å². The molecule has 0 fully saturated rings. The smallest absolute Gasteiger partial charge is 0.326 e. The van der Waals surface area contributed by atoms with Crippen LogP contribution in [-0.4, -0.2) is 94.3 Å². The normalized spacial score (nSPS) is 13.2. The van der Waals surface area contributed by atoms with Gasteiger partial charge in [-0.1, -0.05) is 53.5 Å². The molecule has 0 aromatic rings. The summed E-state index contributed by atoms with van der Waals surface area (Å²) >= 11 is 1.22. The molecule has 0 aromatic carbocycles. The van der Waals surface area contributed by atoms with Gasteiger partial charge in [0.25, 0.3) is 0 Å². The van der Waals surface area contributed by atoms with Gasteiger partial charge < -0.3 is 36.0 Å². The van der Waals surface area contributed by atoms with Crippen LogP contribution in [0.5, 0.6) is 0 Å². The van der Waals surface area contributed by atoms with Gasteiger partial charge in [-0.05, 0) is 56.3 Å². The van der Waals surface area contributed by atoms with Gasteiger partial charge in [0.1, 0.15) is 12.6 Å². The predicted octanol–water partition coefficient (Wildman–Crippen LogP) is 3.24. The lowest BCUT2D eigenvalue weighted by molar-refractivity contribution is -0.140. The van der Waals surface area contributed by atoms with Gasteiger partial charge >= 0.3 is 17.9 Å². The van der Waals surface area contributed by atoms with Gasteiger partial charge in [-0.15, -0.1) is 0 Å². The van der Waals surface area contributed by atoms with Crippen molar-refractivity contribution in [3.63, 3.8) is 0 Å². The van der Waals surface area contributed by atoms with Crippen LogP contribution in [0.3, 0.4) is 0 Å². The first-order valence-electron chi connectivity index (χ1n) is 14.7. The highest BCUT2D eigenvalue weighted by Gasteiger charge is 2.32. The van der Waals surface area contributed by atoms with Gasteiger partial charge in [0.15, 0.2) is 0 Å². The van der Waals surface area contributed by atoms with Crippen molar-refractivity contribution in [3.05, 3.63) is 0 Å². The fourth-order valence-corrected chi connectivity index (χ4v) is 7.53. The number of carboxylic acid groups (broad SMARTS) is 3. The Balaban J connectivity index is 4.47. The van der Waals surface area contributed by atoms with E-state index in [4.69, 9.17) is 10.2 Å². The molecule has 45 heavy (non-hydrogen) atoms. The summed E-state index contributed by atoms with van der Waals surface area (Å²) in [5.74, 6) is -3.83. The monoisotopic (exact) mass is 678 g/mol. The molecular weight excluding hydrogens is 627 g/mol. The maximum absolute atomic E-state index is 12.7. The highest BCUT2D eigenvalue weighted by atomic mass is 32.2. The van der Waals surface area contributed by atoms with Gasteiger partial charge in [-0.2, -0.15) is 0 Å². The van der Waals surface area contributed by atoms with Crippen molar-refractivity contribution in [2.45, 2.75) is 92.5 Å². The van der Waals surface area contributed by atoms with Gasteiger partial charge in [-0.3, -0.25) is 28.8 Å². The summed E-state index contributed by atoms with van der Waals surface area (Å²) in [6.45, 7) is 12.8. The lowest BCUT2D eigenvalue weighted by atomic mass is 9.72. The highest BCUT2D eigenvalue weighted by molar-refractivity contribution is 7.97. The Bertz CT molecular complexity index is 1070. The zero-order valence-electron chi connectivity index (χ0n) is 27.4. The van der Waals surface area contributed by atoms with Crippen LogP contribution in [0.1, 0.15) is 86.5 Å². The van der Waals surface area contributed by atoms with Crippen LogP contribution in [0.25, 0.3) is 0 Å². The molecule has 0 aliphatic rings. The van der Waals surface area contributed by atoms with E-state index >= 15 is 0 Å². The fourth-order valence-electron chi connectivity index (χ4n) is 4.99. The third-order valence-electron chi connectivity index (χ3n) is 6.53. The van der Waals surface area contributed by atoms with Crippen molar-refractivity contribution >= 4 is 61.1 Å².